The Labute approximate surface area is 213 Å². The van der Waals surface area contributed by atoms with Crippen molar-refractivity contribution >= 4 is 39.2 Å². The average Bonchev–Trinajstić information content (AvgIpc) is 3.29. The van der Waals surface area contributed by atoms with E-state index < -0.39 is 10.0 Å². The van der Waals surface area contributed by atoms with E-state index in [4.69, 9.17) is 0 Å². The van der Waals surface area contributed by atoms with Crippen LogP contribution in [-0.4, -0.2) is 28.3 Å². The first-order chi connectivity index (χ1) is 16.9. The quantitative estimate of drug-likeness (QED) is 0.345. The average molecular weight is 523 g/mol. The van der Waals surface area contributed by atoms with E-state index in [1.807, 2.05) is 12.1 Å². The number of benzene rings is 3. The van der Waals surface area contributed by atoms with Gasteiger partial charge in [0.05, 0.1) is 10.4 Å². The molecule has 0 atom stereocenters. The van der Waals surface area contributed by atoms with Crippen LogP contribution in [0.3, 0.4) is 0 Å². The zero-order valence-corrected chi connectivity index (χ0v) is 20.3. The first kappa shape index (κ1) is 25.0. The summed E-state index contributed by atoms with van der Waals surface area (Å²) in [5.74, 6) is -0.715. The number of halogens is 2. The number of hydrogen-bond acceptors (Lipinski definition) is 5. The van der Waals surface area contributed by atoms with Crippen LogP contribution < -0.4 is 5.32 Å². The fraction of sp³-hybridized carbons (Fsp3) is 0.0385. The second-order valence-corrected chi connectivity index (χ2v) is 9.64. The summed E-state index contributed by atoms with van der Waals surface area (Å²) in [5.41, 5.74) is 2.98. The summed E-state index contributed by atoms with van der Waals surface area (Å²) in [6.07, 6.45) is 6.23. The van der Waals surface area contributed by atoms with Crippen molar-refractivity contribution in [2.24, 2.45) is 0 Å². The SMILES string of the molecule is Cl.O=C(NCc1ccc(F)cc1)c1ccc(S(=O)(=O)n2cc(-c3cncnc3)c3ccccc32)cc1. The van der Waals surface area contributed by atoms with Crippen molar-refractivity contribution in [2.45, 2.75) is 11.4 Å². The highest BCUT2D eigenvalue weighted by Crippen LogP contribution is 2.32. The lowest BCUT2D eigenvalue weighted by Gasteiger charge is -2.09. The second kappa shape index (κ2) is 10.3. The summed E-state index contributed by atoms with van der Waals surface area (Å²) in [6, 6.07) is 18.7. The predicted molar refractivity (Wildman–Crippen MR) is 137 cm³/mol. The first-order valence-electron chi connectivity index (χ1n) is 10.7. The lowest BCUT2D eigenvalue weighted by Crippen LogP contribution is -2.22. The predicted octanol–water partition coefficient (Wildman–Crippen LogP) is 4.83. The van der Waals surface area contributed by atoms with Gasteiger partial charge < -0.3 is 5.32 Å². The van der Waals surface area contributed by atoms with Crippen molar-refractivity contribution < 1.29 is 17.6 Å². The molecule has 1 N–H and O–H groups in total. The summed E-state index contributed by atoms with van der Waals surface area (Å²) in [4.78, 5) is 20.6. The fourth-order valence-electron chi connectivity index (χ4n) is 3.80. The Morgan fingerprint density at radius 2 is 1.58 bits per heavy atom. The molecule has 2 aromatic heterocycles. The number of para-hydroxylation sites is 1. The topological polar surface area (TPSA) is 94.0 Å². The van der Waals surface area contributed by atoms with Gasteiger partial charge in [0.25, 0.3) is 15.9 Å². The Bertz CT molecular complexity index is 1620. The van der Waals surface area contributed by atoms with Crippen molar-refractivity contribution in [1.29, 1.82) is 0 Å². The van der Waals surface area contributed by atoms with Crippen LogP contribution in [0.25, 0.3) is 22.0 Å². The first-order valence-corrected chi connectivity index (χ1v) is 12.1. The van der Waals surface area contributed by atoms with Gasteiger partial charge in [0.15, 0.2) is 0 Å². The molecule has 0 radical (unpaired) electrons. The molecule has 0 aliphatic heterocycles. The minimum absolute atomic E-state index is 0. The molecule has 0 aliphatic rings. The zero-order chi connectivity index (χ0) is 24.4. The van der Waals surface area contributed by atoms with Crippen LogP contribution in [0.15, 0.2) is 103 Å². The minimum Gasteiger partial charge on any atom is -0.348 e. The van der Waals surface area contributed by atoms with Crippen LogP contribution in [0.2, 0.25) is 0 Å². The molecule has 0 unspecified atom stereocenters. The summed E-state index contributed by atoms with van der Waals surface area (Å²) >= 11 is 0. The molecule has 182 valence electrons. The molecule has 2 heterocycles. The van der Waals surface area contributed by atoms with E-state index in [-0.39, 0.29) is 35.6 Å². The Morgan fingerprint density at radius 3 is 2.28 bits per heavy atom. The monoisotopic (exact) mass is 522 g/mol. The molecule has 5 aromatic rings. The van der Waals surface area contributed by atoms with Gasteiger partial charge in [-0.15, -0.1) is 12.4 Å². The highest BCUT2D eigenvalue weighted by atomic mass is 35.5. The van der Waals surface area contributed by atoms with Crippen molar-refractivity contribution in [3.8, 4) is 11.1 Å². The molecule has 3 aromatic carbocycles. The Kier molecular flexibility index (Phi) is 7.14. The molecule has 1 amide bonds. The molecule has 0 aliphatic carbocycles. The summed E-state index contributed by atoms with van der Waals surface area (Å²) in [6.45, 7) is 0.223. The third-order valence-corrected chi connectivity index (χ3v) is 7.28. The lowest BCUT2D eigenvalue weighted by atomic mass is 10.1. The molecule has 0 fully saturated rings. The van der Waals surface area contributed by atoms with Crippen LogP contribution in [0.4, 0.5) is 4.39 Å². The number of carbonyl (C=O) groups is 1. The normalized spacial score (nSPS) is 11.1. The molecule has 0 spiro atoms. The molecule has 7 nitrogen and oxygen atoms in total. The van der Waals surface area contributed by atoms with Gasteiger partial charge in [-0.05, 0) is 48.0 Å². The van der Waals surface area contributed by atoms with E-state index in [9.17, 15) is 17.6 Å². The molecular formula is C26H20ClFN4O3S. The second-order valence-electron chi connectivity index (χ2n) is 7.82. The summed E-state index contributed by atoms with van der Waals surface area (Å²) in [7, 11) is -3.95. The molecule has 0 saturated carbocycles. The van der Waals surface area contributed by atoms with Crippen LogP contribution in [-0.2, 0) is 16.6 Å². The van der Waals surface area contributed by atoms with Crippen LogP contribution in [0, 0.1) is 5.82 Å². The molecule has 36 heavy (non-hydrogen) atoms. The van der Waals surface area contributed by atoms with Crippen LogP contribution in [0.1, 0.15) is 15.9 Å². The molecular weight excluding hydrogens is 503 g/mol. The van der Waals surface area contributed by atoms with Crippen LogP contribution >= 0.6 is 12.4 Å². The van der Waals surface area contributed by atoms with Gasteiger partial charge >= 0.3 is 0 Å². The van der Waals surface area contributed by atoms with E-state index in [2.05, 4.69) is 15.3 Å². The van der Waals surface area contributed by atoms with Gasteiger partial charge in [-0.1, -0.05) is 30.3 Å². The molecule has 10 heteroatoms. The number of rotatable bonds is 6. The van der Waals surface area contributed by atoms with Crippen molar-refractivity contribution in [3.63, 3.8) is 0 Å². The number of nitrogens with one attached hydrogen (secondary N) is 1. The van der Waals surface area contributed by atoms with E-state index >= 15 is 0 Å². The maximum Gasteiger partial charge on any atom is 0.268 e. The Hall–Kier alpha value is -4.08. The number of fused-ring (bicyclic) bond motifs is 1. The van der Waals surface area contributed by atoms with E-state index in [1.165, 1.54) is 46.7 Å². The summed E-state index contributed by atoms with van der Waals surface area (Å²) < 4.78 is 41.3. The van der Waals surface area contributed by atoms with Crippen molar-refractivity contribution in [2.75, 3.05) is 0 Å². The number of carbonyl (C=O) groups excluding carboxylic acids is 1. The molecule has 0 bridgehead atoms. The molecule has 0 saturated heterocycles. The number of amides is 1. The van der Waals surface area contributed by atoms with Gasteiger partial charge in [0, 0.05) is 47.2 Å². The largest absolute Gasteiger partial charge is 0.348 e. The maximum absolute atomic E-state index is 13.5. The molecule has 5 rings (SSSR count). The highest BCUT2D eigenvalue weighted by molar-refractivity contribution is 7.90. The van der Waals surface area contributed by atoms with Gasteiger partial charge in [-0.25, -0.2) is 26.7 Å². The zero-order valence-electron chi connectivity index (χ0n) is 18.7. The van der Waals surface area contributed by atoms with E-state index in [1.54, 1.807) is 42.9 Å². The van der Waals surface area contributed by atoms with E-state index in [0.29, 0.717) is 22.2 Å². The third-order valence-electron chi connectivity index (χ3n) is 5.59. The van der Waals surface area contributed by atoms with Crippen LogP contribution in [0.5, 0.6) is 0 Å². The maximum atomic E-state index is 13.5. The van der Waals surface area contributed by atoms with E-state index in [0.717, 1.165) is 10.9 Å². The van der Waals surface area contributed by atoms with Gasteiger partial charge in [-0.2, -0.15) is 0 Å². The Balaban J connectivity index is 0.00000304. The Morgan fingerprint density at radius 1 is 0.917 bits per heavy atom. The van der Waals surface area contributed by atoms with Gasteiger partial charge in [0.2, 0.25) is 0 Å². The van der Waals surface area contributed by atoms with Crippen molar-refractivity contribution in [3.05, 3.63) is 115 Å². The smallest absolute Gasteiger partial charge is 0.268 e. The highest BCUT2D eigenvalue weighted by Gasteiger charge is 2.22. The van der Waals surface area contributed by atoms with Gasteiger partial charge in [0.1, 0.15) is 12.1 Å². The fourth-order valence-corrected chi connectivity index (χ4v) is 5.16. The third kappa shape index (κ3) is 4.84. The number of aromatic nitrogens is 3. The standard InChI is InChI=1S/C26H19FN4O3S.ClH/c27-21-9-5-18(6-10-21)13-30-26(32)19-7-11-22(12-8-19)35(33,34)31-16-24(20-14-28-17-29-15-20)23-3-1-2-4-25(23)31;/h1-12,14-17H,13H2,(H,30,32);1H. The summed E-state index contributed by atoms with van der Waals surface area (Å²) in [5, 5.41) is 3.49. The van der Waals surface area contributed by atoms with Crippen molar-refractivity contribution in [1.82, 2.24) is 19.3 Å². The minimum atomic E-state index is -3.95. The lowest BCUT2D eigenvalue weighted by molar-refractivity contribution is 0.0951. The number of nitrogens with zero attached hydrogens (tertiary/aromatic N) is 3. The van der Waals surface area contributed by atoms with Gasteiger partial charge in [-0.3, -0.25) is 4.79 Å². The number of hydrogen-bond donors (Lipinski definition) is 1.